The van der Waals surface area contributed by atoms with Gasteiger partial charge in [-0.1, -0.05) is 6.92 Å². The Balaban J connectivity index is 1.53. The van der Waals surface area contributed by atoms with E-state index in [1.165, 1.54) is 18.5 Å². The Hall–Kier alpha value is -2.15. The molecule has 0 aliphatic carbocycles. The first kappa shape index (κ1) is 15.4. The highest BCUT2D eigenvalue weighted by atomic mass is 32.1. The third-order valence-corrected chi connectivity index (χ3v) is 5.74. The molecule has 3 heterocycles. The predicted octanol–water partition coefficient (Wildman–Crippen LogP) is 3.57. The number of piperidine rings is 1. The van der Waals surface area contributed by atoms with Crippen LogP contribution in [-0.4, -0.2) is 33.3 Å². The van der Waals surface area contributed by atoms with Crippen molar-refractivity contribution in [3.05, 3.63) is 40.4 Å². The summed E-state index contributed by atoms with van der Waals surface area (Å²) < 4.78 is 13.4. The lowest BCUT2D eigenvalue weighted by molar-refractivity contribution is 0.499. The monoisotopic (exact) mass is 343 g/mol. The standard InChI is InChI=1S/C17H18FN5S/c1-2-15-21-22-17(24-15)11-5-7-23(8-6-11)16-13-4-3-12(18)9-14(13)19-10-20-16/h3-4,9-11H,2,5-8H2,1H3. The smallest absolute Gasteiger partial charge is 0.139 e. The Morgan fingerprint density at radius 2 is 2.04 bits per heavy atom. The molecule has 4 rings (SSSR count). The maximum Gasteiger partial charge on any atom is 0.139 e. The molecular weight excluding hydrogens is 325 g/mol. The molecule has 124 valence electrons. The Bertz CT molecular complexity index is 857. The Kier molecular flexibility index (Phi) is 4.10. The van der Waals surface area contributed by atoms with Gasteiger partial charge >= 0.3 is 0 Å². The van der Waals surface area contributed by atoms with Gasteiger partial charge in [0.1, 0.15) is 28.0 Å². The van der Waals surface area contributed by atoms with Crippen LogP contribution in [0.1, 0.15) is 35.7 Å². The molecule has 0 N–H and O–H groups in total. The van der Waals surface area contributed by atoms with E-state index in [1.807, 2.05) is 0 Å². The number of aromatic nitrogens is 4. The SMILES string of the molecule is CCc1nnc(C2CCN(c3ncnc4cc(F)ccc34)CC2)s1. The van der Waals surface area contributed by atoms with Crippen molar-refractivity contribution in [2.24, 2.45) is 0 Å². The molecule has 3 aromatic rings. The van der Waals surface area contributed by atoms with Crippen molar-refractivity contribution in [1.82, 2.24) is 20.2 Å². The lowest BCUT2D eigenvalue weighted by atomic mass is 9.97. The Morgan fingerprint density at radius 1 is 1.21 bits per heavy atom. The second kappa shape index (κ2) is 6.39. The van der Waals surface area contributed by atoms with Crippen LogP contribution >= 0.6 is 11.3 Å². The summed E-state index contributed by atoms with van der Waals surface area (Å²) in [6.45, 7) is 3.93. The molecule has 0 radical (unpaired) electrons. The number of anilines is 1. The molecule has 1 saturated heterocycles. The van der Waals surface area contributed by atoms with Crippen LogP contribution in [-0.2, 0) is 6.42 Å². The number of aryl methyl sites for hydroxylation is 1. The largest absolute Gasteiger partial charge is 0.356 e. The summed E-state index contributed by atoms with van der Waals surface area (Å²) in [6, 6.07) is 4.70. The van der Waals surface area contributed by atoms with Crippen LogP contribution in [0.3, 0.4) is 0 Å². The van der Waals surface area contributed by atoms with Crippen LogP contribution < -0.4 is 4.90 Å². The fourth-order valence-electron chi connectivity index (χ4n) is 3.18. The first-order valence-electron chi connectivity index (χ1n) is 8.22. The molecule has 0 bridgehead atoms. The zero-order valence-electron chi connectivity index (χ0n) is 13.4. The fourth-order valence-corrected chi connectivity index (χ4v) is 4.13. The van der Waals surface area contributed by atoms with Crippen molar-refractivity contribution in [2.45, 2.75) is 32.1 Å². The minimum atomic E-state index is -0.270. The highest BCUT2D eigenvalue weighted by Crippen LogP contribution is 2.33. The summed E-state index contributed by atoms with van der Waals surface area (Å²) in [5.41, 5.74) is 0.652. The number of nitrogens with zero attached hydrogens (tertiary/aromatic N) is 5. The average Bonchev–Trinajstić information content (AvgIpc) is 3.10. The quantitative estimate of drug-likeness (QED) is 0.728. The molecule has 1 fully saturated rings. The lowest BCUT2D eigenvalue weighted by Gasteiger charge is -2.32. The lowest BCUT2D eigenvalue weighted by Crippen LogP contribution is -2.33. The number of hydrogen-bond acceptors (Lipinski definition) is 6. The van der Waals surface area contributed by atoms with Gasteiger partial charge in [-0.2, -0.15) is 0 Å². The second-order valence-corrected chi connectivity index (χ2v) is 7.10. The van der Waals surface area contributed by atoms with E-state index in [9.17, 15) is 4.39 Å². The first-order chi connectivity index (χ1) is 11.7. The molecule has 0 saturated carbocycles. The van der Waals surface area contributed by atoms with E-state index in [2.05, 4.69) is 32.0 Å². The van der Waals surface area contributed by atoms with Gasteiger partial charge in [-0.3, -0.25) is 0 Å². The van der Waals surface area contributed by atoms with Crippen molar-refractivity contribution in [2.75, 3.05) is 18.0 Å². The highest BCUT2D eigenvalue weighted by Gasteiger charge is 2.25. The van der Waals surface area contributed by atoms with E-state index < -0.39 is 0 Å². The predicted molar refractivity (Wildman–Crippen MR) is 93.0 cm³/mol. The second-order valence-electron chi connectivity index (χ2n) is 6.01. The minimum absolute atomic E-state index is 0.270. The minimum Gasteiger partial charge on any atom is -0.356 e. The molecule has 1 aliphatic rings. The molecule has 1 aromatic carbocycles. The molecule has 24 heavy (non-hydrogen) atoms. The van der Waals surface area contributed by atoms with Crippen LogP contribution in [0.25, 0.3) is 10.9 Å². The van der Waals surface area contributed by atoms with Crippen LogP contribution in [0.5, 0.6) is 0 Å². The van der Waals surface area contributed by atoms with Gasteiger partial charge in [0.05, 0.1) is 5.52 Å². The van der Waals surface area contributed by atoms with E-state index in [-0.39, 0.29) is 5.82 Å². The molecule has 2 aromatic heterocycles. The van der Waals surface area contributed by atoms with Gasteiger partial charge in [-0.15, -0.1) is 21.5 Å². The Labute approximate surface area is 143 Å². The van der Waals surface area contributed by atoms with Gasteiger partial charge in [0.15, 0.2) is 0 Å². The topological polar surface area (TPSA) is 54.8 Å². The van der Waals surface area contributed by atoms with Gasteiger partial charge in [0, 0.05) is 30.5 Å². The molecule has 7 heteroatoms. The van der Waals surface area contributed by atoms with Crippen molar-refractivity contribution in [1.29, 1.82) is 0 Å². The van der Waals surface area contributed by atoms with Crippen LogP contribution in [0.4, 0.5) is 10.2 Å². The maximum atomic E-state index is 13.4. The van der Waals surface area contributed by atoms with E-state index >= 15 is 0 Å². The maximum absolute atomic E-state index is 13.4. The molecule has 0 amide bonds. The van der Waals surface area contributed by atoms with Crippen molar-refractivity contribution in [3.63, 3.8) is 0 Å². The number of halogens is 1. The van der Waals surface area contributed by atoms with E-state index in [0.29, 0.717) is 11.4 Å². The summed E-state index contributed by atoms with van der Waals surface area (Å²) in [7, 11) is 0. The molecule has 1 aliphatic heterocycles. The summed E-state index contributed by atoms with van der Waals surface area (Å²) in [6.07, 6.45) is 4.53. The molecule has 0 spiro atoms. The van der Waals surface area contributed by atoms with Crippen LogP contribution in [0.15, 0.2) is 24.5 Å². The number of benzene rings is 1. The van der Waals surface area contributed by atoms with Crippen LogP contribution in [0, 0.1) is 5.82 Å². The molecule has 0 unspecified atom stereocenters. The summed E-state index contributed by atoms with van der Waals surface area (Å²) in [5, 5.41) is 11.8. The number of hydrogen-bond donors (Lipinski definition) is 0. The zero-order chi connectivity index (χ0) is 16.5. The van der Waals surface area contributed by atoms with Crippen molar-refractivity contribution >= 4 is 28.1 Å². The zero-order valence-corrected chi connectivity index (χ0v) is 14.3. The summed E-state index contributed by atoms with van der Waals surface area (Å²) >= 11 is 1.73. The number of fused-ring (bicyclic) bond motifs is 1. The summed E-state index contributed by atoms with van der Waals surface area (Å²) in [4.78, 5) is 10.9. The van der Waals surface area contributed by atoms with Gasteiger partial charge in [-0.25, -0.2) is 14.4 Å². The molecule has 5 nitrogen and oxygen atoms in total. The van der Waals surface area contributed by atoms with Crippen molar-refractivity contribution in [3.8, 4) is 0 Å². The van der Waals surface area contributed by atoms with E-state index in [1.54, 1.807) is 17.4 Å². The van der Waals surface area contributed by atoms with Crippen LogP contribution in [0.2, 0.25) is 0 Å². The third-order valence-electron chi connectivity index (χ3n) is 4.51. The first-order valence-corrected chi connectivity index (χ1v) is 9.03. The van der Waals surface area contributed by atoms with E-state index in [0.717, 1.165) is 53.6 Å². The normalized spacial score (nSPS) is 16.0. The fraction of sp³-hybridized carbons (Fsp3) is 0.412. The van der Waals surface area contributed by atoms with Crippen molar-refractivity contribution < 1.29 is 4.39 Å². The highest BCUT2D eigenvalue weighted by molar-refractivity contribution is 7.11. The molecule has 0 atom stereocenters. The van der Waals surface area contributed by atoms with Gasteiger partial charge in [-0.05, 0) is 31.4 Å². The van der Waals surface area contributed by atoms with Gasteiger partial charge < -0.3 is 4.90 Å². The van der Waals surface area contributed by atoms with Gasteiger partial charge in [0.2, 0.25) is 0 Å². The molecular formula is C17H18FN5S. The average molecular weight is 343 g/mol. The van der Waals surface area contributed by atoms with Gasteiger partial charge in [0.25, 0.3) is 0 Å². The third kappa shape index (κ3) is 2.84. The Morgan fingerprint density at radius 3 is 2.79 bits per heavy atom. The van der Waals surface area contributed by atoms with E-state index in [4.69, 9.17) is 0 Å². The summed E-state index contributed by atoms with van der Waals surface area (Å²) in [5.74, 6) is 1.10. The number of rotatable bonds is 3.